The molecule has 1 N–H and O–H groups in total. The maximum atomic E-state index is 12.8. The molecule has 28 heavy (non-hydrogen) atoms. The molecule has 2 aromatic rings. The van der Waals surface area contributed by atoms with Crippen molar-refractivity contribution in [2.24, 2.45) is 0 Å². The van der Waals surface area contributed by atoms with Crippen LogP contribution in [0.4, 0.5) is 11.4 Å². The molecule has 2 aromatic carbocycles. The fourth-order valence-corrected chi connectivity index (χ4v) is 4.05. The van der Waals surface area contributed by atoms with Crippen molar-refractivity contribution in [3.8, 4) is 0 Å². The Morgan fingerprint density at radius 3 is 2.39 bits per heavy atom. The molecule has 0 aromatic heterocycles. The number of anilines is 2. The Hall–Kier alpha value is -2.87. The lowest BCUT2D eigenvalue weighted by Crippen LogP contribution is -2.45. The molecule has 0 aliphatic heterocycles. The van der Waals surface area contributed by atoms with Crippen molar-refractivity contribution in [3.05, 3.63) is 59.2 Å². The van der Waals surface area contributed by atoms with Crippen LogP contribution in [0.5, 0.6) is 0 Å². The number of carbonyl (C=O) groups is 2. The first-order valence-corrected chi connectivity index (χ1v) is 10.5. The molecule has 2 rings (SSSR count). The van der Waals surface area contributed by atoms with E-state index in [4.69, 9.17) is 0 Å². The van der Waals surface area contributed by atoms with Gasteiger partial charge in [-0.25, -0.2) is 13.2 Å². The smallest absolute Gasteiger partial charge is 0.337 e. The summed E-state index contributed by atoms with van der Waals surface area (Å²) in [6.45, 7) is 5.16. The number of nitrogens with one attached hydrogen (secondary N) is 1. The van der Waals surface area contributed by atoms with Crippen LogP contribution in [0.15, 0.2) is 42.5 Å². The van der Waals surface area contributed by atoms with Gasteiger partial charge >= 0.3 is 5.97 Å². The molecule has 0 aliphatic carbocycles. The van der Waals surface area contributed by atoms with E-state index in [0.717, 1.165) is 21.7 Å². The van der Waals surface area contributed by atoms with Crippen LogP contribution in [0.3, 0.4) is 0 Å². The number of carbonyl (C=O) groups excluding carboxylic acids is 2. The van der Waals surface area contributed by atoms with Crippen molar-refractivity contribution < 1.29 is 22.7 Å². The van der Waals surface area contributed by atoms with E-state index in [2.05, 4.69) is 10.1 Å². The number of nitrogens with zero attached hydrogens (tertiary/aromatic N) is 1. The Bertz CT molecular complexity index is 1000. The Morgan fingerprint density at radius 2 is 1.79 bits per heavy atom. The normalized spacial score (nSPS) is 12.2. The molecule has 7 nitrogen and oxygen atoms in total. The van der Waals surface area contributed by atoms with Crippen molar-refractivity contribution in [2.45, 2.75) is 26.8 Å². The molecule has 1 atom stereocenters. The van der Waals surface area contributed by atoms with Crippen molar-refractivity contribution in [1.82, 2.24) is 0 Å². The molecular formula is C20H24N2O5S. The summed E-state index contributed by atoms with van der Waals surface area (Å²) in [6.07, 6.45) is 1.07. The first-order valence-electron chi connectivity index (χ1n) is 8.60. The Labute approximate surface area is 165 Å². The summed E-state index contributed by atoms with van der Waals surface area (Å²) in [7, 11) is -2.45. The standard InChI is InChI=1S/C20H24N2O5S/c1-13-9-10-14(2)18(11-13)22(28(5,25)26)15(3)19(23)21-17-8-6-7-16(12-17)20(24)27-4/h6-12,15H,1-5H3,(H,21,23)/t15-/m0/s1. The zero-order chi connectivity index (χ0) is 21.1. The highest BCUT2D eigenvalue weighted by Gasteiger charge is 2.30. The number of hydrogen-bond donors (Lipinski definition) is 1. The quantitative estimate of drug-likeness (QED) is 0.748. The number of esters is 1. The van der Waals surface area contributed by atoms with Crippen LogP contribution < -0.4 is 9.62 Å². The second-order valence-electron chi connectivity index (χ2n) is 6.59. The Kier molecular flexibility index (Phi) is 6.45. The summed E-state index contributed by atoms with van der Waals surface area (Å²) >= 11 is 0. The molecule has 150 valence electrons. The summed E-state index contributed by atoms with van der Waals surface area (Å²) in [6, 6.07) is 10.7. The van der Waals surface area contributed by atoms with Gasteiger partial charge in [-0.2, -0.15) is 0 Å². The molecule has 0 saturated heterocycles. The van der Waals surface area contributed by atoms with Gasteiger partial charge in [-0.05, 0) is 56.2 Å². The fraction of sp³-hybridized carbons (Fsp3) is 0.300. The zero-order valence-electron chi connectivity index (χ0n) is 16.5. The fourth-order valence-electron chi connectivity index (χ4n) is 2.83. The van der Waals surface area contributed by atoms with E-state index in [1.165, 1.54) is 20.1 Å². The van der Waals surface area contributed by atoms with Gasteiger partial charge in [0.15, 0.2) is 0 Å². The van der Waals surface area contributed by atoms with Crippen LogP contribution in [0, 0.1) is 13.8 Å². The molecule has 0 saturated carbocycles. The summed E-state index contributed by atoms with van der Waals surface area (Å²) in [5.41, 5.74) is 2.72. The van der Waals surface area contributed by atoms with E-state index >= 15 is 0 Å². The van der Waals surface area contributed by atoms with Crippen LogP contribution in [0.25, 0.3) is 0 Å². The average Bonchev–Trinajstić information content (AvgIpc) is 2.63. The third kappa shape index (κ3) is 4.89. The van der Waals surface area contributed by atoms with Gasteiger partial charge in [0, 0.05) is 5.69 Å². The molecule has 1 amide bonds. The lowest BCUT2D eigenvalue weighted by Gasteiger charge is -2.29. The van der Waals surface area contributed by atoms with Crippen LogP contribution in [0.1, 0.15) is 28.4 Å². The first kappa shape index (κ1) is 21.4. The van der Waals surface area contributed by atoms with Crippen molar-refractivity contribution >= 4 is 33.3 Å². The third-order valence-electron chi connectivity index (χ3n) is 4.24. The van der Waals surface area contributed by atoms with E-state index in [1.807, 2.05) is 19.1 Å². The number of sulfonamides is 1. The zero-order valence-corrected chi connectivity index (χ0v) is 17.3. The summed E-state index contributed by atoms with van der Waals surface area (Å²) < 4.78 is 30.7. The van der Waals surface area contributed by atoms with Gasteiger partial charge in [0.1, 0.15) is 6.04 Å². The maximum absolute atomic E-state index is 12.8. The summed E-state index contributed by atoms with van der Waals surface area (Å²) in [4.78, 5) is 24.4. The lowest BCUT2D eigenvalue weighted by atomic mass is 10.1. The summed E-state index contributed by atoms with van der Waals surface area (Å²) in [5, 5.41) is 2.66. The Balaban J connectivity index is 2.35. The number of aryl methyl sites for hydroxylation is 2. The van der Waals surface area contributed by atoms with E-state index in [0.29, 0.717) is 11.4 Å². The van der Waals surface area contributed by atoms with E-state index < -0.39 is 27.9 Å². The SMILES string of the molecule is COC(=O)c1cccc(NC(=O)[C@H](C)N(c2cc(C)ccc2C)S(C)(=O)=O)c1. The van der Waals surface area contributed by atoms with Gasteiger partial charge in [-0.15, -0.1) is 0 Å². The minimum Gasteiger partial charge on any atom is -0.465 e. The first-order chi connectivity index (χ1) is 13.0. The van der Waals surface area contributed by atoms with Crippen molar-refractivity contribution in [2.75, 3.05) is 23.0 Å². The number of benzene rings is 2. The molecule has 8 heteroatoms. The van der Waals surface area contributed by atoms with Gasteiger partial charge in [0.2, 0.25) is 15.9 Å². The van der Waals surface area contributed by atoms with Crippen molar-refractivity contribution in [1.29, 1.82) is 0 Å². The largest absolute Gasteiger partial charge is 0.465 e. The average molecular weight is 404 g/mol. The topological polar surface area (TPSA) is 92.8 Å². The molecule has 0 heterocycles. The number of amides is 1. The minimum atomic E-state index is -3.72. The number of rotatable bonds is 6. The van der Waals surface area contributed by atoms with Gasteiger partial charge in [-0.3, -0.25) is 9.10 Å². The predicted octanol–water partition coefficient (Wildman–Crippen LogP) is 2.88. The van der Waals surface area contributed by atoms with E-state index in [-0.39, 0.29) is 5.56 Å². The van der Waals surface area contributed by atoms with E-state index in [1.54, 1.807) is 31.2 Å². The highest BCUT2D eigenvalue weighted by molar-refractivity contribution is 7.92. The molecule has 0 spiro atoms. The second-order valence-corrected chi connectivity index (χ2v) is 8.45. The number of ether oxygens (including phenoxy) is 1. The monoisotopic (exact) mass is 404 g/mol. The van der Waals surface area contributed by atoms with Gasteiger partial charge in [0.05, 0.1) is 24.6 Å². The van der Waals surface area contributed by atoms with Crippen LogP contribution in [-0.4, -0.2) is 39.7 Å². The number of hydrogen-bond acceptors (Lipinski definition) is 5. The Morgan fingerprint density at radius 1 is 1.11 bits per heavy atom. The molecular weight excluding hydrogens is 380 g/mol. The van der Waals surface area contributed by atoms with Gasteiger partial charge in [-0.1, -0.05) is 18.2 Å². The summed E-state index contributed by atoms with van der Waals surface area (Å²) in [5.74, 6) is -1.05. The highest BCUT2D eigenvalue weighted by atomic mass is 32.2. The van der Waals surface area contributed by atoms with Crippen LogP contribution >= 0.6 is 0 Å². The predicted molar refractivity (Wildman–Crippen MR) is 109 cm³/mol. The minimum absolute atomic E-state index is 0.280. The molecule has 0 unspecified atom stereocenters. The van der Waals surface area contributed by atoms with Crippen LogP contribution in [0.2, 0.25) is 0 Å². The van der Waals surface area contributed by atoms with E-state index in [9.17, 15) is 18.0 Å². The van der Waals surface area contributed by atoms with Gasteiger partial charge < -0.3 is 10.1 Å². The second kappa shape index (κ2) is 8.43. The molecule has 0 bridgehead atoms. The highest BCUT2D eigenvalue weighted by Crippen LogP contribution is 2.26. The molecule has 0 aliphatic rings. The van der Waals surface area contributed by atoms with Crippen molar-refractivity contribution in [3.63, 3.8) is 0 Å². The number of methoxy groups -OCH3 is 1. The third-order valence-corrected chi connectivity index (χ3v) is 5.47. The lowest BCUT2D eigenvalue weighted by molar-refractivity contribution is -0.116. The molecule has 0 radical (unpaired) electrons. The van der Waals surface area contributed by atoms with Crippen LogP contribution in [-0.2, 0) is 19.6 Å². The maximum Gasteiger partial charge on any atom is 0.337 e. The molecule has 0 fully saturated rings. The van der Waals surface area contributed by atoms with Gasteiger partial charge in [0.25, 0.3) is 0 Å².